The van der Waals surface area contributed by atoms with Crippen LogP contribution in [0.15, 0.2) is 24.8 Å². The van der Waals surface area contributed by atoms with E-state index in [1.807, 2.05) is 0 Å². The lowest BCUT2D eigenvalue weighted by atomic mass is 10.2. The van der Waals surface area contributed by atoms with Crippen LogP contribution in [-0.4, -0.2) is 53.5 Å². The average molecular weight is 315 g/mol. The van der Waals surface area contributed by atoms with E-state index >= 15 is 0 Å². The molecule has 0 aliphatic rings. The van der Waals surface area contributed by atoms with Crippen LogP contribution in [0.3, 0.4) is 0 Å². The van der Waals surface area contributed by atoms with E-state index in [0.29, 0.717) is 36.2 Å². The highest BCUT2D eigenvalue weighted by Gasteiger charge is 2.12. The molecule has 23 heavy (non-hydrogen) atoms. The first-order valence-electron chi connectivity index (χ1n) is 6.85. The van der Waals surface area contributed by atoms with Gasteiger partial charge in [-0.2, -0.15) is 0 Å². The third-order valence-electron chi connectivity index (χ3n) is 3.18. The highest BCUT2D eigenvalue weighted by atomic mass is 16.4. The maximum atomic E-state index is 12.1. The number of fused-ring (bicyclic) bond motifs is 1. The van der Waals surface area contributed by atoms with Gasteiger partial charge in [0.05, 0.1) is 11.6 Å². The molecule has 0 bridgehead atoms. The minimum Gasteiger partial charge on any atom is -0.476 e. The number of carbonyl (C=O) groups is 2. The number of aryl methyl sites for hydroxylation is 1. The van der Waals surface area contributed by atoms with Crippen molar-refractivity contribution in [3.05, 3.63) is 36.2 Å². The van der Waals surface area contributed by atoms with E-state index < -0.39 is 5.97 Å². The van der Waals surface area contributed by atoms with Crippen molar-refractivity contribution in [3.8, 4) is 0 Å². The Bertz CT molecular complexity index is 854. The number of nitrogens with zero attached hydrogens (tertiary/aromatic N) is 5. The van der Waals surface area contributed by atoms with Crippen molar-refractivity contribution in [2.24, 2.45) is 0 Å². The van der Waals surface area contributed by atoms with Gasteiger partial charge in [0.25, 0.3) is 5.91 Å². The summed E-state index contributed by atoms with van der Waals surface area (Å²) in [5.74, 6) is -1.41. The molecule has 0 radical (unpaired) electrons. The van der Waals surface area contributed by atoms with Gasteiger partial charge in [0.15, 0.2) is 5.69 Å². The molecule has 10 heteroatoms. The third kappa shape index (κ3) is 3.15. The molecule has 0 atom stereocenters. The van der Waals surface area contributed by atoms with Gasteiger partial charge in [-0.15, -0.1) is 5.10 Å². The first kappa shape index (κ1) is 14.6. The smallest absolute Gasteiger partial charge is 0.358 e. The lowest BCUT2D eigenvalue weighted by Crippen LogP contribution is -2.26. The topological polar surface area (TPSA) is 139 Å². The summed E-state index contributed by atoms with van der Waals surface area (Å²) in [6.07, 6.45) is 4.95. The van der Waals surface area contributed by atoms with Crippen molar-refractivity contribution in [1.29, 1.82) is 0 Å². The fourth-order valence-corrected chi connectivity index (χ4v) is 2.09. The number of nitrogens with one attached hydrogen (secondary N) is 2. The summed E-state index contributed by atoms with van der Waals surface area (Å²) in [6, 6.07) is 1.74. The Balaban J connectivity index is 1.53. The van der Waals surface area contributed by atoms with Crippen LogP contribution in [0.2, 0.25) is 0 Å². The molecule has 0 saturated heterocycles. The number of aromatic amines is 1. The molecule has 3 rings (SSSR count). The van der Waals surface area contributed by atoms with E-state index in [2.05, 4.69) is 30.6 Å². The zero-order valence-electron chi connectivity index (χ0n) is 11.9. The number of rotatable bonds is 6. The van der Waals surface area contributed by atoms with E-state index in [0.717, 1.165) is 0 Å². The number of hydrogen-bond acceptors (Lipinski definition) is 6. The zero-order chi connectivity index (χ0) is 16.2. The van der Waals surface area contributed by atoms with Crippen molar-refractivity contribution in [2.75, 3.05) is 6.54 Å². The molecule has 3 aromatic rings. The van der Waals surface area contributed by atoms with Crippen LogP contribution in [0, 0.1) is 0 Å². The van der Waals surface area contributed by atoms with E-state index in [1.165, 1.54) is 17.2 Å². The summed E-state index contributed by atoms with van der Waals surface area (Å²) in [6.45, 7) is 0.848. The van der Waals surface area contributed by atoms with Crippen molar-refractivity contribution in [3.63, 3.8) is 0 Å². The highest BCUT2D eigenvalue weighted by molar-refractivity contribution is 6.03. The molecule has 1 amide bonds. The van der Waals surface area contributed by atoms with Crippen LogP contribution < -0.4 is 5.32 Å². The normalized spacial score (nSPS) is 10.8. The maximum Gasteiger partial charge on any atom is 0.358 e. The van der Waals surface area contributed by atoms with Crippen molar-refractivity contribution >= 4 is 22.9 Å². The lowest BCUT2D eigenvalue weighted by molar-refractivity contribution is 0.0690. The number of carbonyl (C=O) groups excluding carboxylic acids is 1. The number of carboxylic acid groups (broad SMARTS) is 1. The number of H-pyrrole nitrogens is 1. The van der Waals surface area contributed by atoms with Gasteiger partial charge in [0.2, 0.25) is 0 Å². The second kappa shape index (κ2) is 6.22. The lowest BCUT2D eigenvalue weighted by Gasteiger charge is -2.05. The predicted octanol–water partition coefficient (Wildman–Crippen LogP) is 0.0677. The van der Waals surface area contributed by atoms with E-state index in [4.69, 9.17) is 5.11 Å². The van der Waals surface area contributed by atoms with E-state index in [-0.39, 0.29) is 11.6 Å². The van der Waals surface area contributed by atoms with Crippen molar-refractivity contribution in [2.45, 2.75) is 13.0 Å². The van der Waals surface area contributed by atoms with Gasteiger partial charge in [0.1, 0.15) is 17.7 Å². The molecule has 0 unspecified atom stereocenters. The molecule has 3 heterocycles. The third-order valence-corrected chi connectivity index (χ3v) is 3.18. The Labute approximate surface area is 129 Å². The number of carboxylic acids is 1. The summed E-state index contributed by atoms with van der Waals surface area (Å²) >= 11 is 0. The SMILES string of the molecule is O=C(O)c1cn(CCCNC(=O)c2ncnc3[nH]ccc23)nn1. The largest absolute Gasteiger partial charge is 0.476 e. The molecular formula is C13H13N7O3. The maximum absolute atomic E-state index is 12.1. The van der Waals surface area contributed by atoms with Crippen LogP contribution >= 0.6 is 0 Å². The fraction of sp³-hybridized carbons (Fsp3) is 0.231. The molecule has 118 valence electrons. The van der Waals surface area contributed by atoms with Gasteiger partial charge >= 0.3 is 5.97 Å². The Kier molecular flexibility index (Phi) is 3.95. The van der Waals surface area contributed by atoms with Crippen LogP contribution in [0.25, 0.3) is 11.0 Å². The van der Waals surface area contributed by atoms with Gasteiger partial charge in [-0.25, -0.2) is 14.8 Å². The minimum atomic E-state index is -1.12. The summed E-state index contributed by atoms with van der Waals surface area (Å²) in [7, 11) is 0. The fourth-order valence-electron chi connectivity index (χ4n) is 2.09. The van der Waals surface area contributed by atoms with Gasteiger partial charge in [-0.05, 0) is 12.5 Å². The Morgan fingerprint density at radius 2 is 2.22 bits per heavy atom. The Morgan fingerprint density at radius 1 is 1.35 bits per heavy atom. The van der Waals surface area contributed by atoms with Gasteiger partial charge in [-0.3, -0.25) is 9.48 Å². The molecule has 0 spiro atoms. The molecule has 3 aromatic heterocycles. The number of hydrogen-bond donors (Lipinski definition) is 3. The molecule has 0 saturated carbocycles. The van der Waals surface area contributed by atoms with Crippen molar-refractivity contribution in [1.82, 2.24) is 35.3 Å². The Morgan fingerprint density at radius 3 is 3.00 bits per heavy atom. The monoisotopic (exact) mass is 315 g/mol. The Hall–Kier alpha value is -3.30. The molecule has 0 aromatic carbocycles. The average Bonchev–Trinajstić information content (AvgIpc) is 3.19. The molecule has 10 nitrogen and oxygen atoms in total. The highest BCUT2D eigenvalue weighted by Crippen LogP contribution is 2.12. The number of aromatic nitrogens is 6. The summed E-state index contributed by atoms with van der Waals surface area (Å²) in [4.78, 5) is 33.8. The standard InChI is InChI=1S/C13H13N7O3/c21-12(10-8-2-4-14-11(8)17-7-16-10)15-3-1-5-20-6-9(13(22)23)18-19-20/h2,4,6-7H,1,3,5H2,(H,15,21)(H,22,23)(H,14,16,17). The van der Waals surface area contributed by atoms with Gasteiger partial charge in [-0.1, -0.05) is 5.21 Å². The van der Waals surface area contributed by atoms with Crippen molar-refractivity contribution < 1.29 is 14.7 Å². The predicted molar refractivity (Wildman–Crippen MR) is 77.8 cm³/mol. The number of aromatic carboxylic acids is 1. The minimum absolute atomic E-state index is 0.107. The van der Waals surface area contributed by atoms with Crippen LogP contribution in [-0.2, 0) is 6.54 Å². The molecule has 3 N–H and O–H groups in total. The molecular weight excluding hydrogens is 302 g/mol. The van der Waals surface area contributed by atoms with Crippen LogP contribution in [0.5, 0.6) is 0 Å². The molecule has 0 fully saturated rings. The summed E-state index contributed by atoms with van der Waals surface area (Å²) in [5, 5.41) is 19.4. The van der Waals surface area contributed by atoms with Gasteiger partial charge < -0.3 is 15.4 Å². The van der Waals surface area contributed by atoms with E-state index in [1.54, 1.807) is 12.3 Å². The summed E-state index contributed by atoms with van der Waals surface area (Å²) < 4.78 is 1.42. The quantitative estimate of drug-likeness (QED) is 0.547. The van der Waals surface area contributed by atoms with Gasteiger partial charge in [0, 0.05) is 19.3 Å². The molecule has 0 aliphatic carbocycles. The first-order valence-corrected chi connectivity index (χ1v) is 6.85. The molecule has 0 aliphatic heterocycles. The van der Waals surface area contributed by atoms with Crippen LogP contribution in [0.1, 0.15) is 27.4 Å². The zero-order valence-corrected chi connectivity index (χ0v) is 11.9. The van der Waals surface area contributed by atoms with Crippen LogP contribution in [0.4, 0.5) is 0 Å². The number of amides is 1. The summed E-state index contributed by atoms with van der Waals surface area (Å²) in [5.41, 5.74) is 0.809. The first-order chi connectivity index (χ1) is 11.1. The second-order valence-corrected chi connectivity index (χ2v) is 4.74. The second-order valence-electron chi connectivity index (χ2n) is 4.74. The van der Waals surface area contributed by atoms with E-state index in [9.17, 15) is 9.59 Å².